The van der Waals surface area contributed by atoms with E-state index in [9.17, 15) is 9.59 Å². The van der Waals surface area contributed by atoms with Crippen LogP contribution in [0.1, 0.15) is 10.6 Å². The van der Waals surface area contributed by atoms with Crippen molar-refractivity contribution in [2.45, 2.75) is 13.0 Å². The average Bonchev–Trinajstić information content (AvgIpc) is 3.19. The number of nitrogens with zero attached hydrogens (tertiary/aromatic N) is 2. The monoisotopic (exact) mass is 360 g/mol. The van der Waals surface area contributed by atoms with E-state index in [0.29, 0.717) is 22.3 Å². The molecule has 4 rings (SSSR count). The Morgan fingerprint density at radius 3 is 2.88 bits per heavy atom. The van der Waals surface area contributed by atoms with E-state index in [-0.39, 0.29) is 6.79 Å². The van der Waals surface area contributed by atoms with Gasteiger partial charge in [-0.05, 0) is 19.2 Å². The predicted octanol–water partition coefficient (Wildman–Crippen LogP) is 1.44. The molecule has 9 heteroatoms. The largest absolute Gasteiger partial charge is 0.454 e. The van der Waals surface area contributed by atoms with E-state index in [1.807, 2.05) is 7.05 Å². The molecular weight excluding hydrogens is 344 g/mol. The third-order valence-electron chi connectivity index (χ3n) is 3.98. The molecule has 25 heavy (non-hydrogen) atoms. The fourth-order valence-electron chi connectivity index (χ4n) is 2.69. The Balaban J connectivity index is 1.40. The van der Waals surface area contributed by atoms with E-state index in [0.717, 1.165) is 30.1 Å². The Kier molecular flexibility index (Phi) is 4.02. The molecule has 1 aromatic carbocycles. The molecular formula is C16H16N4O4S. The SMILES string of the molecule is CN1CCc2nc(NC(=O)C(=O)Nc3ccc4c(c3)OCO4)sc2C1. The Hall–Kier alpha value is -2.65. The molecule has 2 aliphatic rings. The van der Waals surface area contributed by atoms with E-state index in [1.54, 1.807) is 18.2 Å². The highest BCUT2D eigenvalue weighted by molar-refractivity contribution is 7.16. The summed E-state index contributed by atoms with van der Waals surface area (Å²) in [5, 5.41) is 5.56. The second kappa shape index (κ2) is 6.34. The normalized spacial score (nSPS) is 15.6. The van der Waals surface area contributed by atoms with Gasteiger partial charge in [-0.3, -0.25) is 14.9 Å². The van der Waals surface area contributed by atoms with Crippen LogP contribution >= 0.6 is 11.3 Å². The molecule has 0 unspecified atom stereocenters. The van der Waals surface area contributed by atoms with Crippen molar-refractivity contribution in [2.24, 2.45) is 0 Å². The van der Waals surface area contributed by atoms with Crippen molar-refractivity contribution in [3.63, 3.8) is 0 Å². The number of hydrogen-bond acceptors (Lipinski definition) is 7. The van der Waals surface area contributed by atoms with Crippen LogP contribution in [0.2, 0.25) is 0 Å². The first-order chi connectivity index (χ1) is 12.1. The zero-order valence-corrected chi connectivity index (χ0v) is 14.3. The van der Waals surface area contributed by atoms with Gasteiger partial charge in [0.2, 0.25) is 6.79 Å². The first-order valence-electron chi connectivity index (χ1n) is 7.77. The lowest BCUT2D eigenvalue weighted by Crippen LogP contribution is -2.29. The zero-order chi connectivity index (χ0) is 17.4. The van der Waals surface area contributed by atoms with E-state index in [4.69, 9.17) is 9.47 Å². The molecule has 0 saturated heterocycles. The molecule has 3 heterocycles. The number of rotatable bonds is 2. The zero-order valence-electron chi connectivity index (χ0n) is 13.5. The number of thiazole rings is 1. The Labute approximate surface area is 147 Å². The summed E-state index contributed by atoms with van der Waals surface area (Å²) in [6, 6.07) is 4.95. The van der Waals surface area contributed by atoms with Crippen LogP contribution in [-0.2, 0) is 22.6 Å². The molecule has 0 fully saturated rings. The number of anilines is 2. The summed E-state index contributed by atoms with van der Waals surface area (Å²) in [7, 11) is 2.04. The third-order valence-corrected chi connectivity index (χ3v) is 4.98. The minimum atomic E-state index is -0.760. The Morgan fingerprint density at radius 1 is 1.20 bits per heavy atom. The van der Waals surface area contributed by atoms with Gasteiger partial charge in [-0.25, -0.2) is 4.98 Å². The molecule has 2 aromatic rings. The summed E-state index contributed by atoms with van der Waals surface area (Å²) in [4.78, 5) is 31.9. The average molecular weight is 360 g/mol. The summed E-state index contributed by atoms with van der Waals surface area (Å²) in [5.41, 5.74) is 1.46. The van der Waals surface area contributed by atoms with Crippen LogP contribution in [0.15, 0.2) is 18.2 Å². The first-order valence-corrected chi connectivity index (χ1v) is 8.59. The number of carbonyl (C=O) groups excluding carboxylic acids is 2. The molecule has 0 spiro atoms. The molecule has 0 radical (unpaired) electrons. The van der Waals surface area contributed by atoms with Crippen LogP contribution in [0.4, 0.5) is 10.8 Å². The highest BCUT2D eigenvalue weighted by atomic mass is 32.1. The second-order valence-corrected chi connectivity index (χ2v) is 6.94. The summed E-state index contributed by atoms with van der Waals surface area (Å²) < 4.78 is 10.5. The number of benzene rings is 1. The van der Waals surface area contributed by atoms with Gasteiger partial charge < -0.3 is 19.7 Å². The van der Waals surface area contributed by atoms with Crippen molar-refractivity contribution < 1.29 is 19.1 Å². The summed E-state index contributed by atoms with van der Waals surface area (Å²) in [5.74, 6) is -0.364. The molecule has 0 aliphatic carbocycles. The highest BCUT2D eigenvalue weighted by Crippen LogP contribution is 2.34. The number of likely N-dealkylation sites (N-methyl/N-ethyl adjacent to an activating group) is 1. The minimum absolute atomic E-state index is 0.150. The van der Waals surface area contributed by atoms with Crippen LogP contribution in [0, 0.1) is 0 Å². The van der Waals surface area contributed by atoms with E-state index in [1.165, 1.54) is 11.3 Å². The van der Waals surface area contributed by atoms with Crippen molar-refractivity contribution in [1.82, 2.24) is 9.88 Å². The van der Waals surface area contributed by atoms with Crippen molar-refractivity contribution in [3.05, 3.63) is 28.8 Å². The summed E-state index contributed by atoms with van der Waals surface area (Å²) in [6.45, 7) is 1.90. The van der Waals surface area contributed by atoms with Crippen molar-refractivity contribution in [3.8, 4) is 11.5 Å². The van der Waals surface area contributed by atoms with Gasteiger partial charge in [0.1, 0.15) is 0 Å². The van der Waals surface area contributed by atoms with Crippen molar-refractivity contribution >= 4 is 34.0 Å². The minimum Gasteiger partial charge on any atom is -0.454 e. The van der Waals surface area contributed by atoms with Crippen LogP contribution in [0.25, 0.3) is 0 Å². The second-order valence-electron chi connectivity index (χ2n) is 5.85. The van der Waals surface area contributed by atoms with Gasteiger partial charge in [0.25, 0.3) is 0 Å². The smallest absolute Gasteiger partial charge is 0.315 e. The van der Waals surface area contributed by atoms with Crippen molar-refractivity contribution in [1.29, 1.82) is 0 Å². The van der Waals surface area contributed by atoms with E-state index in [2.05, 4.69) is 20.5 Å². The maximum Gasteiger partial charge on any atom is 0.315 e. The van der Waals surface area contributed by atoms with Gasteiger partial charge >= 0.3 is 11.8 Å². The van der Waals surface area contributed by atoms with Crippen LogP contribution < -0.4 is 20.1 Å². The van der Waals surface area contributed by atoms with Gasteiger partial charge in [-0.15, -0.1) is 11.3 Å². The van der Waals surface area contributed by atoms with Crippen LogP contribution in [0.5, 0.6) is 11.5 Å². The Bertz CT molecular complexity index is 851. The topological polar surface area (TPSA) is 92.8 Å². The molecule has 1 aromatic heterocycles. The van der Waals surface area contributed by atoms with E-state index < -0.39 is 11.8 Å². The maximum absolute atomic E-state index is 12.1. The van der Waals surface area contributed by atoms with E-state index >= 15 is 0 Å². The molecule has 130 valence electrons. The van der Waals surface area contributed by atoms with Crippen LogP contribution in [-0.4, -0.2) is 42.1 Å². The number of fused-ring (bicyclic) bond motifs is 2. The Morgan fingerprint density at radius 2 is 2.00 bits per heavy atom. The molecule has 0 atom stereocenters. The highest BCUT2D eigenvalue weighted by Gasteiger charge is 2.22. The van der Waals surface area contributed by atoms with Gasteiger partial charge in [0.15, 0.2) is 16.6 Å². The van der Waals surface area contributed by atoms with Gasteiger partial charge in [-0.1, -0.05) is 0 Å². The third kappa shape index (κ3) is 3.28. The number of ether oxygens (including phenoxy) is 2. The molecule has 2 amide bonds. The molecule has 2 aliphatic heterocycles. The van der Waals surface area contributed by atoms with Gasteiger partial charge in [0, 0.05) is 36.1 Å². The fourth-order valence-corrected chi connectivity index (χ4v) is 3.78. The molecule has 0 bridgehead atoms. The van der Waals surface area contributed by atoms with Crippen molar-refractivity contribution in [2.75, 3.05) is 31.0 Å². The molecule has 8 nitrogen and oxygen atoms in total. The quantitative estimate of drug-likeness (QED) is 0.787. The number of aromatic nitrogens is 1. The van der Waals surface area contributed by atoms with Gasteiger partial charge in [0.05, 0.1) is 5.69 Å². The lowest BCUT2D eigenvalue weighted by atomic mass is 10.2. The summed E-state index contributed by atoms with van der Waals surface area (Å²) in [6.07, 6.45) is 0.849. The lowest BCUT2D eigenvalue weighted by molar-refractivity contribution is -0.133. The van der Waals surface area contributed by atoms with Gasteiger partial charge in [-0.2, -0.15) is 0 Å². The molecule has 2 N–H and O–H groups in total. The maximum atomic E-state index is 12.1. The number of nitrogens with one attached hydrogen (secondary N) is 2. The predicted molar refractivity (Wildman–Crippen MR) is 92.0 cm³/mol. The molecule has 0 saturated carbocycles. The summed E-state index contributed by atoms with van der Waals surface area (Å²) >= 11 is 1.41. The fraction of sp³-hybridized carbons (Fsp3) is 0.312. The first kappa shape index (κ1) is 15.9. The number of carbonyl (C=O) groups is 2. The number of amides is 2. The number of hydrogen-bond donors (Lipinski definition) is 2. The van der Waals surface area contributed by atoms with Crippen LogP contribution in [0.3, 0.4) is 0 Å². The standard InChI is InChI=1S/C16H16N4O4S/c1-20-5-4-10-13(7-20)25-16(18-10)19-15(22)14(21)17-9-2-3-11-12(6-9)24-8-23-11/h2-3,6H,4-5,7-8H2,1H3,(H,17,21)(H,18,19,22). The lowest BCUT2D eigenvalue weighted by Gasteiger charge is -2.20.